The zero-order chi connectivity index (χ0) is 20.9. The average Bonchev–Trinajstić information content (AvgIpc) is 3.05. The highest BCUT2D eigenvalue weighted by Crippen LogP contribution is 2.41. The molecule has 1 unspecified atom stereocenters. The van der Waals surface area contributed by atoms with Gasteiger partial charge in [-0.25, -0.2) is 0 Å². The summed E-state index contributed by atoms with van der Waals surface area (Å²) in [7, 11) is 0. The van der Waals surface area contributed by atoms with Crippen LogP contribution in [-0.4, -0.2) is 53.0 Å². The molecule has 2 bridgehead atoms. The lowest BCUT2D eigenvalue weighted by Crippen LogP contribution is -2.62. The molecule has 8 heteroatoms. The van der Waals surface area contributed by atoms with Crippen LogP contribution < -0.4 is 16.4 Å². The Hall–Kier alpha value is -2.29. The first-order chi connectivity index (χ1) is 14.4. The van der Waals surface area contributed by atoms with Crippen molar-refractivity contribution in [1.82, 2.24) is 15.5 Å². The highest BCUT2D eigenvalue weighted by molar-refractivity contribution is 6.05. The minimum atomic E-state index is -0.576. The smallest absolute Gasteiger partial charge is 0.255 e. The Kier molecular flexibility index (Phi) is 4.68. The third-order valence-corrected chi connectivity index (χ3v) is 7.19. The molecule has 8 nitrogen and oxygen atoms in total. The molecule has 4 heterocycles. The van der Waals surface area contributed by atoms with E-state index in [1.165, 1.54) is 0 Å². The van der Waals surface area contributed by atoms with E-state index in [-0.39, 0.29) is 35.3 Å². The van der Waals surface area contributed by atoms with Gasteiger partial charge in [0.2, 0.25) is 11.8 Å². The van der Waals surface area contributed by atoms with E-state index in [4.69, 9.17) is 10.5 Å². The third kappa shape index (κ3) is 3.42. The predicted molar refractivity (Wildman–Crippen MR) is 108 cm³/mol. The number of carbonyl (C=O) groups excluding carboxylic acids is 3. The minimum Gasteiger partial charge on any atom is -0.372 e. The lowest BCUT2D eigenvalue weighted by Gasteiger charge is -2.51. The maximum absolute atomic E-state index is 12.9. The number of amides is 3. The molecule has 1 aromatic rings. The van der Waals surface area contributed by atoms with Crippen LogP contribution in [0.2, 0.25) is 0 Å². The van der Waals surface area contributed by atoms with Gasteiger partial charge in [-0.15, -0.1) is 0 Å². The molecular formula is C22H28N4O4. The van der Waals surface area contributed by atoms with E-state index in [1.807, 2.05) is 18.2 Å². The second-order valence-electron chi connectivity index (χ2n) is 9.33. The number of hydrogen-bond donors (Lipinski definition) is 3. The van der Waals surface area contributed by atoms with Crippen molar-refractivity contribution in [1.29, 1.82) is 0 Å². The van der Waals surface area contributed by atoms with Gasteiger partial charge in [0.15, 0.2) is 0 Å². The van der Waals surface area contributed by atoms with E-state index in [1.54, 1.807) is 4.90 Å². The highest BCUT2D eigenvalue weighted by Gasteiger charge is 2.47. The molecule has 160 valence electrons. The first kappa shape index (κ1) is 19.7. The van der Waals surface area contributed by atoms with Crippen molar-refractivity contribution < 1.29 is 19.1 Å². The number of nitrogens with one attached hydrogen (secondary N) is 2. The molecule has 1 saturated carbocycles. The van der Waals surface area contributed by atoms with Crippen LogP contribution in [0.4, 0.5) is 0 Å². The Morgan fingerprint density at radius 2 is 2.00 bits per heavy atom. The van der Waals surface area contributed by atoms with Crippen molar-refractivity contribution in [2.24, 2.45) is 5.73 Å². The van der Waals surface area contributed by atoms with E-state index in [2.05, 4.69) is 10.6 Å². The van der Waals surface area contributed by atoms with Gasteiger partial charge in [-0.3, -0.25) is 19.7 Å². The largest absolute Gasteiger partial charge is 0.372 e. The second-order valence-corrected chi connectivity index (χ2v) is 9.33. The first-order valence-electron chi connectivity index (χ1n) is 10.8. The molecule has 30 heavy (non-hydrogen) atoms. The number of fused-ring (bicyclic) bond motifs is 4. The molecule has 0 aromatic heterocycles. The van der Waals surface area contributed by atoms with Gasteiger partial charge < -0.3 is 20.7 Å². The SMILES string of the molecule is NC12CCC(CNCc3ccc4c(c3)C(=O)N(C3CCC(=O)NC3=O)C4)(CC1)OC2. The van der Waals surface area contributed by atoms with Crippen molar-refractivity contribution in [2.45, 2.75) is 68.8 Å². The van der Waals surface area contributed by atoms with Crippen LogP contribution in [0.25, 0.3) is 0 Å². The van der Waals surface area contributed by atoms with E-state index in [0.717, 1.165) is 43.4 Å². The van der Waals surface area contributed by atoms with Crippen LogP contribution in [0.15, 0.2) is 18.2 Å². The molecule has 0 spiro atoms. The van der Waals surface area contributed by atoms with E-state index in [0.29, 0.717) is 31.7 Å². The summed E-state index contributed by atoms with van der Waals surface area (Å²) in [5, 5.41) is 5.84. The number of nitrogens with two attached hydrogens (primary N) is 1. The van der Waals surface area contributed by atoms with Crippen LogP contribution in [0.5, 0.6) is 0 Å². The van der Waals surface area contributed by atoms with Gasteiger partial charge in [-0.05, 0) is 49.3 Å². The Morgan fingerprint density at radius 3 is 2.70 bits per heavy atom. The molecule has 1 aliphatic carbocycles. The monoisotopic (exact) mass is 412 g/mol. The average molecular weight is 412 g/mol. The Bertz CT molecular complexity index is 890. The summed E-state index contributed by atoms with van der Waals surface area (Å²) in [6, 6.07) is 5.34. The van der Waals surface area contributed by atoms with Crippen molar-refractivity contribution >= 4 is 17.7 Å². The summed E-state index contributed by atoms with van der Waals surface area (Å²) in [6.45, 7) is 2.47. The highest BCUT2D eigenvalue weighted by atomic mass is 16.5. The standard InChI is InChI=1S/C22H28N4O4/c23-21-5-7-22(8-6-21,30-13-21)12-24-10-14-1-2-15-11-26(20(29)16(15)9-14)17-3-4-18(27)25-19(17)28/h1-2,9,17,24H,3-8,10-13,23H2,(H,25,27,28). The zero-order valence-electron chi connectivity index (χ0n) is 17.0. The van der Waals surface area contributed by atoms with Crippen LogP contribution >= 0.6 is 0 Å². The number of benzene rings is 1. The van der Waals surface area contributed by atoms with Gasteiger partial charge in [-0.2, -0.15) is 0 Å². The van der Waals surface area contributed by atoms with Crippen molar-refractivity contribution in [3.8, 4) is 0 Å². The maximum Gasteiger partial charge on any atom is 0.255 e. The van der Waals surface area contributed by atoms with E-state index < -0.39 is 6.04 Å². The topological polar surface area (TPSA) is 114 Å². The van der Waals surface area contributed by atoms with E-state index in [9.17, 15) is 14.4 Å². The number of piperidine rings is 1. The fourth-order valence-electron chi connectivity index (χ4n) is 5.16. The molecule has 4 aliphatic heterocycles. The normalized spacial score (nSPS) is 33.0. The predicted octanol–water partition coefficient (Wildman–Crippen LogP) is 0.578. The summed E-state index contributed by atoms with van der Waals surface area (Å²) in [5.41, 5.74) is 8.66. The summed E-state index contributed by atoms with van der Waals surface area (Å²) in [6.07, 6.45) is 4.64. The number of hydrogen-bond acceptors (Lipinski definition) is 6. The molecule has 1 atom stereocenters. The fraction of sp³-hybridized carbons (Fsp3) is 0.591. The molecule has 3 saturated heterocycles. The van der Waals surface area contributed by atoms with Gasteiger partial charge >= 0.3 is 0 Å². The zero-order valence-corrected chi connectivity index (χ0v) is 17.0. The Morgan fingerprint density at radius 1 is 1.20 bits per heavy atom. The number of nitrogens with zero attached hydrogens (tertiary/aromatic N) is 1. The molecule has 3 amide bonds. The third-order valence-electron chi connectivity index (χ3n) is 7.19. The first-order valence-corrected chi connectivity index (χ1v) is 10.8. The molecule has 4 fully saturated rings. The lowest BCUT2D eigenvalue weighted by atomic mass is 9.71. The quantitative estimate of drug-likeness (QED) is 0.610. The number of imide groups is 1. The van der Waals surface area contributed by atoms with Gasteiger partial charge in [0, 0.05) is 37.2 Å². The van der Waals surface area contributed by atoms with Crippen LogP contribution in [0, 0.1) is 0 Å². The molecule has 1 aromatic carbocycles. The van der Waals surface area contributed by atoms with Gasteiger partial charge in [0.05, 0.1) is 12.2 Å². The van der Waals surface area contributed by atoms with Gasteiger partial charge in [0.1, 0.15) is 6.04 Å². The van der Waals surface area contributed by atoms with E-state index >= 15 is 0 Å². The molecule has 6 rings (SSSR count). The molecule has 4 N–H and O–H groups in total. The lowest BCUT2D eigenvalue weighted by molar-refractivity contribution is -0.150. The van der Waals surface area contributed by atoms with Crippen molar-refractivity contribution in [3.63, 3.8) is 0 Å². The van der Waals surface area contributed by atoms with Crippen LogP contribution in [0.1, 0.15) is 60.0 Å². The molecular weight excluding hydrogens is 384 g/mol. The van der Waals surface area contributed by atoms with Crippen LogP contribution in [-0.2, 0) is 27.4 Å². The summed E-state index contributed by atoms with van der Waals surface area (Å²) in [4.78, 5) is 38.1. The van der Waals surface area contributed by atoms with Crippen molar-refractivity contribution in [2.75, 3.05) is 13.2 Å². The molecule has 5 aliphatic rings. The fourth-order valence-corrected chi connectivity index (χ4v) is 5.16. The number of carbonyl (C=O) groups is 3. The molecule has 0 radical (unpaired) electrons. The van der Waals surface area contributed by atoms with Gasteiger partial charge in [-0.1, -0.05) is 12.1 Å². The van der Waals surface area contributed by atoms with Crippen molar-refractivity contribution in [3.05, 3.63) is 34.9 Å². The maximum atomic E-state index is 12.9. The number of rotatable bonds is 5. The number of ether oxygens (including phenoxy) is 1. The minimum absolute atomic E-state index is 0.115. The van der Waals surface area contributed by atoms with Gasteiger partial charge in [0.25, 0.3) is 5.91 Å². The second kappa shape index (κ2) is 7.14. The summed E-state index contributed by atoms with van der Waals surface area (Å²) in [5.74, 6) is -0.789. The summed E-state index contributed by atoms with van der Waals surface area (Å²) < 4.78 is 6.09. The summed E-state index contributed by atoms with van der Waals surface area (Å²) >= 11 is 0. The Labute approximate surface area is 175 Å². The Balaban J connectivity index is 1.21. The van der Waals surface area contributed by atoms with Crippen LogP contribution in [0.3, 0.4) is 0 Å².